The Bertz CT molecular complexity index is 5380. The summed E-state index contributed by atoms with van der Waals surface area (Å²) in [7, 11) is 7.34. The van der Waals surface area contributed by atoms with Crippen LogP contribution in [0.2, 0.25) is 0 Å². The SMILES string of the molecule is CC(C)(C)OC(=O)N[C@H]1CCCC[C@H]1N.CC(C)(C)OC(=O)N[C@H]1CCCC[C@H]1Nc1cnc(C#N)c(Br)c1.C[N+]1=CC(Nc2cc(N[C@@H]3CCCC[C@@H]3N)cnc2C#N)C=N1.Cn1cc(N)cn1.Cn1cc(Nc2cc(N[C@@H]3CCCC[C@@H]3N)cnc2C(N)=O)cn1.Cn1cc(Nc2cc(N[C@@H]3CCCC[C@@H]3NC(=O)OC(C)(C)C)cnc2C#N)cn1.N#Cc1ncc(F)cc1Br.[Na+].[OH-]. The van der Waals surface area contributed by atoms with Gasteiger partial charge in [0, 0.05) is 88.1 Å². The molecule has 4 amide bonds. The summed E-state index contributed by atoms with van der Waals surface area (Å²) >= 11 is 6.33. The molecule has 5 aliphatic carbocycles. The van der Waals surface area contributed by atoms with Crippen molar-refractivity contribution in [3.8, 4) is 24.3 Å². The van der Waals surface area contributed by atoms with E-state index in [9.17, 15) is 34.1 Å². The molecule has 5 fully saturated rings. The summed E-state index contributed by atoms with van der Waals surface area (Å²) < 4.78 is 36.0. The first-order valence-electron chi connectivity index (χ1n) is 44.4. The van der Waals surface area contributed by atoms with E-state index in [1.54, 1.807) is 80.6 Å². The summed E-state index contributed by atoms with van der Waals surface area (Å²) in [6.07, 6.45) is 41.6. The van der Waals surface area contributed by atoms with E-state index in [0.717, 1.165) is 143 Å². The molecule has 135 heavy (non-hydrogen) atoms. The van der Waals surface area contributed by atoms with E-state index < -0.39 is 34.6 Å². The normalized spacial score (nSPS) is 20.2. The number of nitriles is 4. The Morgan fingerprint density at radius 1 is 0.444 bits per heavy atom. The number of nitrogens with two attached hydrogens (primary N) is 5. The van der Waals surface area contributed by atoms with Crippen molar-refractivity contribution < 1.29 is 77.5 Å². The second-order valence-corrected chi connectivity index (χ2v) is 37.8. The molecule has 9 heterocycles. The zero-order valence-corrected chi connectivity index (χ0v) is 84.5. The maximum atomic E-state index is 12.3. The summed E-state index contributed by atoms with van der Waals surface area (Å²) in [4.78, 5) is 67.8. The second kappa shape index (κ2) is 54.6. The Hall–Kier alpha value is -11.9. The molecular weight excluding hydrogens is 1870 g/mol. The monoisotopic (exact) mass is 2000 g/mol. The van der Waals surface area contributed by atoms with E-state index in [2.05, 4.69) is 142 Å². The van der Waals surface area contributed by atoms with Crippen LogP contribution in [0.1, 0.15) is 224 Å². The first kappa shape index (κ1) is 112. The molecule has 0 aromatic carbocycles. The van der Waals surface area contributed by atoms with Gasteiger partial charge in [-0.2, -0.15) is 36.3 Å². The minimum Gasteiger partial charge on any atom is -0.870 e. The van der Waals surface area contributed by atoms with E-state index in [4.69, 9.17) is 53.4 Å². The van der Waals surface area contributed by atoms with Crippen molar-refractivity contribution in [2.45, 2.75) is 274 Å². The molecule has 722 valence electrons. The smallest absolute Gasteiger partial charge is 0.870 e. The summed E-state index contributed by atoms with van der Waals surface area (Å²) in [5.41, 5.74) is 36.3. The van der Waals surface area contributed by atoms with Crippen LogP contribution in [0.4, 0.5) is 75.6 Å². The third kappa shape index (κ3) is 39.5. The van der Waals surface area contributed by atoms with Gasteiger partial charge in [0.2, 0.25) is 0 Å². The van der Waals surface area contributed by atoms with Gasteiger partial charge in [0.1, 0.15) is 59.2 Å². The number of carbonyl (C=O) groups excluding carboxylic acids is 4. The maximum absolute atomic E-state index is 12.3. The number of hydrazone groups is 1. The van der Waals surface area contributed by atoms with Gasteiger partial charge < -0.3 is 102 Å². The van der Waals surface area contributed by atoms with Gasteiger partial charge in [0.05, 0.1) is 127 Å². The van der Waals surface area contributed by atoms with Crippen LogP contribution in [0.3, 0.4) is 0 Å². The van der Waals surface area contributed by atoms with Crippen molar-refractivity contribution in [2.24, 2.45) is 49.2 Å². The molecule has 11 atom stereocenters. The number of carbonyl (C=O) groups is 4. The molecule has 8 aromatic heterocycles. The molecule has 8 aromatic rings. The third-order valence-corrected chi connectivity index (χ3v) is 22.5. The fourth-order valence-electron chi connectivity index (χ4n) is 15.1. The van der Waals surface area contributed by atoms with Crippen LogP contribution in [0.15, 0.2) is 113 Å². The molecule has 1 unspecified atom stereocenters. The number of nitrogens with one attached hydrogen (secondary N) is 10. The van der Waals surface area contributed by atoms with E-state index in [-0.39, 0.29) is 125 Å². The van der Waals surface area contributed by atoms with Gasteiger partial charge >= 0.3 is 47.8 Å². The summed E-state index contributed by atoms with van der Waals surface area (Å²) in [5.74, 6) is -1.03. The number of halogens is 3. The number of rotatable bonds is 18. The number of hydrogen-bond acceptors (Lipinski definition) is 32. The molecule has 21 N–H and O–H groups in total. The number of nitrogens with zero attached hydrogens (tertiary/aromatic N) is 17. The molecule has 40 nitrogen and oxygen atoms in total. The van der Waals surface area contributed by atoms with Crippen molar-refractivity contribution in [1.29, 1.82) is 21.0 Å². The number of hydrogen-bond donors (Lipinski definition) is 15. The topological polar surface area (TPSA) is 605 Å². The van der Waals surface area contributed by atoms with Gasteiger partial charge in [-0.3, -0.25) is 18.8 Å². The molecule has 5 saturated carbocycles. The number of pyridine rings is 5. The van der Waals surface area contributed by atoms with Gasteiger partial charge in [-0.25, -0.2) is 43.7 Å². The number of aromatic nitrogens is 11. The van der Waals surface area contributed by atoms with Gasteiger partial charge in [-0.1, -0.05) is 68.9 Å². The van der Waals surface area contributed by atoms with Crippen molar-refractivity contribution in [2.75, 3.05) is 50.0 Å². The fourth-order valence-corrected chi connectivity index (χ4v) is 15.9. The summed E-state index contributed by atoms with van der Waals surface area (Å²) in [6.45, 7) is 16.7. The molecule has 0 saturated heterocycles. The van der Waals surface area contributed by atoms with Crippen LogP contribution < -0.4 is 111 Å². The standard InChI is InChI=1S/C21H29N7O2.C17H23BrN4O2.C16H23N7O.C16H22N7.C11H22N2O2.C6H2BrFN2.C4H7N3.Na.H2O/c1-21(2,3)30-20(29)27-17-8-6-5-7-16(17)25-14-9-18(19(10-22)23-11-14)26-15-12-24-28(4)13-15;1-17(2,3)24-16(23)22-14-7-5-4-6-13(14)21-11-8-12(18)15(9-19)20-10-11;1-23-9-11(8-20-23)22-14-6-10(7-19-15(14)16(18)24)21-13-5-3-2-4-12(13)17;1-23-10-12(9-20-23)22-15-6-11(8-19-16(15)7-17)21-14-5-3-2-4-13(14)18;1-11(2,3)15-10(14)13-9-7-5-4-6-8(9)12;7-5-1-4(8)3-10-6(5)2-9;1-7-3-4(5)2-6-7;;/h9,11-13,16-17,25-26H,5-8H2,1-4H3,(H,27,29);8,10,13-14,21H,4-7H2,1-3H3,(H,22,23);6-9,12-13,21-22H,2-5,17H2,1H3,(H2,18,24);6,8-10,12-14,21-22H,2-5,18H2,1H3;8-9H,4-7,12H2,1-3H3,(H,13,14);1,3H;2-3H,5H2,1H3;;1H2/q;;;+1;;;;+1;/p-1/t16-,17+;13-,14+;12-,13+;12?,13-,14+;8-,9+;;;;/m11001..../s1. The summed E-state index contributed by atoms with van der Waals surface area (Å²) in [5, 5.41) is 84.3. The molecule has 0 radical (unpaired) electrons. The van der Waals surface area contributed by atoms with E-state index in [0.29, 0.717) is 48.8 Å². The Labute approximate surface area is 827 Å². The Morgan fingerprint density at radius 2 is 0.785 bits per heavy atom. The molecule has 0 bridgehead atoms. The van der Waals surface area contributed by atoms with E-state index in [1.165, 1.54) is 31.7 Å². The maximum Gasteiger partial charge on any atom is 1.00 e. The molecule has 1 aliphatic heterocycles. The average Bonchev–Trinajstić information content (AvgIpc) is 1.79. The first-order valence-corrected chi connectivity index (χ1v) is 46.0. The number of aryl methyl sites for hydroxylation is 3. The molecule has 0 spiro atoms. The van der Waals surface area contributed by atoms with Gasteiger partial charge in [-0.15, -0.1) is 0 Å². The van der Waals surface area contributed by atoms with Crippen LogP contribution in [0.5, 0.6) is 0 Å². The Balaban J connectivity index is 0.000000249. The molecule has 6 aliphatic rings. The Morgan fingerprint density at radius 3 is 1.15 bits per heavy atom. The largest absolute Gasteiger partial charge is 1.00 e. The van der Waals surface area contributed by atoms with Crippen molar-refractivity contribution in [3.05, 3.63) is 142 Å². The average molecular weight is 2000 g/mol. The third-order valence-electron chi connectivity index (χ3n) is 21.3. The Kier molecular flexibility index (Phi) is 45.2. The van der Waals surface area contributed by atoms with Crippen LogP contribution in [0.25, 0.3) is 0 Å². The van der Waals surface area contributed by atoms with Crippen LogP contribution in [0, 0.1) is 51.1 Å². The number of alkyl carbamates (subject to hydrolysis) is 3. The van der Waals surface area contributed by atoms with Crippen molar-refractivity contribution >= 4 is 125 Å². The molecule has 14 rings (SSSR count). The second-order valence-electron chi connectivity index (χ2n) is 36.0. The van der Waals surface area contributed by atoms with Gasteiger partial charge in [0.25, 0.3) is 5.91 Å². The predicted octanol–water partition coefficient (Wildman–Crippen LogP) is 10.6. The minimum absolute atomic E-state index is 0. The first-order chi connectivity index (χ1) is 63.1. The number of primary amides is 1. The van der Waals surface area contributed by atoms with Crippen LogP contribution in [-0.4, -0.2) is 191 Å². The van der Waals surface area contributed by atoms with Crippen LogP contribution in [-0.2, 0) is 35.4 Å². The van der Waals surface area contributed by atoms with E-state index in [1.807, 2.05) is 139 Å². The van der Waals surface area contributed by atoms with Gasteiger partial charge in [-0.05, 0) is 194 Å². The fraction of sp³-hybridized carbons (Fsp3) is 0.516. The minimum atomic E-state index is -0.581. The molecular formula is C91H129Br2FN32NaO8+. The zero-order valence-electron chi connectivity index (χ0n) is 79.3. The summed E-state index contributed by atoms with van der Waals surface area (Å²) in [6, 6.07) is 17.7. The molecule has 44 heteroatoms. The zero-order chi connectivity index (χ0) is 97.1. The quantitative estimate of drug-likeness (QED) is 0.0216. The van der Waals surface area contributed by atoms with Crippen LogP contribution >= 0.6 is 31.9 Å². The number of anilines is 10. The predicted molar refractivity (Wildman–Crippen MR) is 520 cm³/mol. The number of amides is 4. The van der Waals surface area contributed by atoms with Gasteiger partial charge in [0.15, 0.2) is 41.7 Å². The van der Waals surface area contributed by atoms with Crippen molar-refractivity contribution in [3.63, 3.8) is 0 Å². The number of nitrogen functional groups attached to an aromatic ring is 1. The van der Waals surface area contributed by atoms with E-state index >= 15 is 0 Å². The number of ether oxygens (including phenoxy) is 3. The van der Waals surface area contributed by atoms with Crippen molar-refractivity contribution in [1.82, 2.24) is 70.2 Å².